The van der Waals surface area contributed by atoms with Crippen LogP contribution in [-0.4, -0.2) is 29.7 Å². The number of carbonyl (C=O) groups excluding carboxylic acids is 2. The van der Waals surface area contributed by atoms with E-state index in [1.54, 1.807) is 0 Å². The Morgan fingerprint density at radius 3 is 2.31 bits per heavy atom. The molecule has 0 spiro atoms. The van der Waals surface area contributed by atoms with Gasteiger partial charge in [-0.25, -0.2) is 0 Å². The number of Topliss-reactive ketones (excluding diaryl/α,β-unsaturated/α-hetero) is 1. The molecule has 0 bridgehead atoms. The third kappa shape index (κ3) is 3.62. The van der Waals surface area contributed by atoms with Crippen LogP contribution in [0.15, 0.2) is 0 Å². The largest absolute Gasteiger partial charge is 0.342 e. The lowest BCUT2D eigenvalue weighted by Gasteiger charge is -2.26. The zero-order valence-electron chi connectivity index (χ0n) is 10.9. The van der Waals surface area contributed by atoms with E-state index in [1.165, 1.54) is 6.92 Å². The molecule has 1 rings (SSSR count). The van der Waals surface area contributed by atoms with Crippen molar-refractivity contribution < 1.29 is 9.59 Å². The molecule has 0 aromatic heterocycles. The second-order valence-electron chi connectivity index (χ2n) is 5.89. The van der Waals surface area contributed by atoms with Crippen molar-refractivity contribution in [2.45, 2.75) is 47.0 Å². The first-order valence-electron chi connectivity index (χ1n) is 6.08. The highest BCUT2D eigenvalue weighted by Gasteiger charge is 2.33. The van der Waals surface area contributed by atoms with Gasteiger partial charge in [0.25, 0.3) is 0 Å². The van der Waals surface area contributed by atoms with Gasteiger partial charge in [-0.3, -0.25) is 4.79 Å². The minimum atomic E-state index is 0.0971. The molecule has 92 valence electrons. The molecule has 1 saturated heterocycles. The highest BCUT2D eigenvalue weighted by atomic mass is 16.2. The molecule has 3 nitrogen and oxygen atoms in total. The van der Waals surface area contributed by atoms with E-state index in [4.69, 9.17) is 0 Å². The lowest BCUT2D eigenvalue weighted by molar-refractivity contribution is -0.132. The highest BCUT2D eigenvalue weighted by molar-refractivity contribution is 5.83. The van der Waals surface area contributed by atoms with Crippen molar-refractivity contribution in [2.75, 3.05) is 13.1 Å². The molecule has 0 radical (unpaired) electrons. The van der Waals surface area contributed by atoms with Gasteiger partial charge in [-0.2, -0.15) is 0 Å². The van der Waals surface area contributed by atoms with Gasteiger partial charge in [0.2, 0.25) is 5.91 Å². The summed E-state index contributed by atoms with van der Waals surface area (Å²) in [6.45, 7) is 9.93. The van der Waals surface area contributed by atoms with Crippen LogP contribution in [-0.2, 0) is 9.59 Å². The second kappa shape index (κ2) is 4.98. The number of hydrogen-bond donors (Lipinski definition) is 0. The van der Waals surface area contributed by atoms with Crippen molar-refractivity contribution in [2.24, 2.45) is 11.3 Å². The zero-order chi connectivity index (χ0) is 12.3. The summed E-state index contributed by atoms with van der Waals surface area (Å²) in [6.07, 6.45) is 1.86. The standard InChI is InChI=1S/C13H23NO2/c1-10(15)5-6-12(16)14-8-7-11(9-14)13(2,3)4/h11H,5-9H2,1-4H3. The van der Waals surface area contributed by atoms with E-state index in [1.807, 2.05) is 4.90 Å². The molecular formula is C13H23NO2. The van der Waals surface area contributed by atoms with Crippen LogP contribution in [0.2, 0.25) is 0 Å². The van der Waals surface area contributed by atoms with Crippen LogP contribution < -0.4 is 0 Å². The Hall–Kier alpha value is -0.860. The Morgan fingerprint density at radius 1 is 1.25 bits per heavy atom. The van der Waals surface area contributed by atoms with Gasteiger partial charge in [-0.1, -0.05) is 20.8 Å². The zero-order valence-corrected chi connectivity index (χ0v) is 10.9. The van der Waals surface area contributed by atoms with Gasteiger partial charge in [0.05, 0.1) is 0 Å². The normalized spacial score (nSPS) is 21.2. The number of rotatable bonds is 3. The topological polar surface area (TPSA) is 37.4 Å². The Labute approximate surface area is 98.2 Å². The fraction of sp³-hybridized carbons (Fsp3) is 0.846. The molecule has 0 N–H and O–H groups in total. The molecule has 3 heteroatoms. The smallest absolute Gasteiger partial charge is 0.223 e. The minimum absolute atomic E-state index is 0.0971. The van der Waals surface area contributed by atoms with Crippen LogP contribution in [0.5, 0.6) is 0 Å². The number of hydrogen-bond acceptors (Lipinski definition) is 2. The van der Waals surface area contributed by atoms with Crippen molar-refractivity contribution in [1.29, 1.82) is 0 Å². The van der Waals surface area contributed by atoms with E-state index >= 15 is 0 Å². The molecule has 1 aliphatic rings. The maximum atomic E-state index is 11.8. The van der Waals surface area contributed by atoms with Crippen LogP contribution in [0.1, 0.15) is 47.0 Å². The maximum absolute atomic E-state index is 11.8. The number of amides is 1. The molecule has 1 aliphatic heterocycles. The lowest BCUT2D eigenvalue weighted by atomic mass is 9.80. The third-order valence-electron chi connectivity index (χ3n) is 3.46. The molecule has 1 amide bonds. The summed E-state index contributed by atoms with van der Waals surface area (Å²) in [5.41, 5.74) is 0.273. The van der Waals surface area contributed by atoms with E-state index in [0.29, 0.717) is 18.8 Å². The van der Waals surface area contributed by atoms with Crippen LogP contribution in [0, 0.1) is 11.3 Å². The number of likely N-dealkylation sites (tertiary alicyclic amines) is 1. The van der Waals surface area contributed by atoms with E-state index in [0.717, 1.165) is 19.5 Å². The predicted molar refractivity (Wildman–Crippen MR) is 64.1 cm³/mol. The van der Waals surface area contributed by atoms with Gasteiger partial charge >= 0.3 is 0 Å². The first-order chi connectivity index (χ1) is 7.30. The van der Waals surface area contributed by atoms with Gasteiger partial charge in [-0.15, -0.1) is 0 Å². The quantitative estimate of drug-likeness (QED) is 0.738. The summed E-state index contributed by atoms with van der Waals surface area (Å²) in [6, 6.07) is 0. The average Bonchev–Trinajstić information content (AvgIpc) is 2.61. The van der Waals surface area contributed by atoms with E-state index in [2.05, 4.69) is 20.8 Å². The van der Waals surface area contributed by atoms with Crippen LogP contribution >= 0.6 is 0 Å². The minimum Gasteiger partial charge on any atom is -0.342 e. The number of nitrogens with zero attached hydrogens (tertiary/aromatic N) is 1. The Morgan fingerprint density at radius 2 is 1.88 bits per heavy atom. The number of ketones is 1. The molecule has 1 fully saturated rings. The summed E-state index contributed by atoms with van der Waals surface area (Å²) < 4.78 is 0. The van der Waals surface area contributed by atoms with Crippen molar-refractivity contribution in [1.82, 2.24) is 4.90 Å². The van der Waals surface area contributed by atoms with Gasteiger partial charge in [-0.05, 0) is 24.7 Å². The predicted octanol–water partition coefficient (Wildman–Crippen LogP) is 2.25. The maximum Gasteiger partial charge on any atom is 0.223 e. The second-order valence-corrected chi connectivity index (χ2v) is 5.89. The summed E-state index contributed by atoms with van der Waals surface area (Å²) >= 11 is 0. The van der Waals surface area contributed by atoms with Gasteiger partial charge in [0.1, 0.15) is 5.78 Å². The van der Waals surface area contributed by atoms with Gasteiger partial charge in [0.15, 0.2) is 0 Å². The van der Waals surface area contributed by atoms with Gasteiger partial charge in [0, 0.05) is 25.9 Å². The molecule has 0 aliphatic carbocycles. The van der Waals surface area contributed by atoms with Crippen LogP contribution in [0.3, 0.4) is 0 Å². The molecule has 0 saturated carbocycles. The lowest BCUT2D eigenvalue weighted by Crippen LogP contribution is -2.31. The number of carbonyl (C=O) groups is 2. The van der Waals surface area contributed by atoms with Crippen LogP contribution in [0.25, 0.3) is 0 Å². The molecule has 0 aromatic carbocycles. The fourth-order valence-corrected chi connectivity index (χ4v) is 2.13. The SMILES string of the molecule is CC(=O)CCC(=O)N1CCC(C(C)(C)C)C1. The van der Waals surface area contributed by atoms with E-state index < -0.39 is 0 Å². The summed E-state index contributed by atoms with van der Waals surface area (Å²) in [4.78, 5) is 24.5. The molecular weight excluding hydrogens is 202 g/mol. The van der Waals surface area contributed by atoms with E-state index in [9.17, 15) is 9.59 Å². The first kappa shape index (κ1) is 13.2. The molecule has 1 heterocycles. The Bertz CT molecular complexity index is 278. The van der Waals surface area contributed by atoms with Gasteiger partial charge < -0.3 is 9.69 Å². The van der Waals surface area contributed by atoms with Crippen LogP contribution in [0.4, 0.5) is 0 Å². The molecule has 0 aromatic rings. The Kier molecular flexibility index (Phi) is 4.11. The monoisotopic (exact) mass is 225 g/mol. The Balaban J connectivity index is 2.41. The van der Waals surface area contributed by atoms with Crippen molar-refractivity contribution >= 4 is 11.7 Å². The average molecular weight is 225 g/mol. The van der Waals surface area contributed by atoms with E-state index in [-0.39, 0.29) is 17.1 Å². The summed E-state index contributed by atoms with van der Waals surface area (Å²) in [5.74, 6) is 0.829. The van der Waals surface area contributed by atoms with Crippen molar-refractivity contribution in [3.8, 4) is 0 Å². The fourth-order valence-electron chi connectivity index (χ4n) is 2.13. The summed E-state index contributed by atoms with van der Waals surface area (Å²) in [7, 11) is 0. The molecule has 1 unspecified atom stereocenters. The van der Waals surface area contributed by atoms with Crippen molar-refractivity contribution in [3.63, 3.8) is 0 Å². The van der Waals surface area contributed by atoms with Crippen molar-refractivity contribution in [3.05, 3.63) is 0 Å². The molecule has 1 atom stereocenters. The summed E-state index contributed by atoms with van der Waals surface area (Å²) in [5, 5.41) is 0. The molecule has 16 heavy (non-hydrogen) atoms. The first-order valence-corrected chi connectivity index (χ1v) is 6.08. The third-order valence-corrected chi connectivity index (χ3v) is 3.46. The highest BCUT2D eigenvalue weighted by Crippen LogP contribution is 2.33.